The highest BCUT2D eigenvalue weighted by molar-refractivity contribution is 5.32. The second-order valence-corrected chi connectivity index (χ2v) is 5.83. The molecular formula is C17H20N2. The lowest BCUT2D eigenvalue weighted by molar-refractivity contribution is 0.249. The average molecular weight is 252 g/mol. The first-order valence-corrected chi connectivity index (χ1v) is 7.17. The van der Waals surface area contributed by atoms with Gasteiger partial charge in [0.05, 0.1) is 11.6 Å². The first-order chi connectivity index (χ1) is 9.28. The van der Waals surface area contributed by atoms with Crippen LogP contribution in [0.4, 0.5) is 0 Å². The molecular weight excluding hydrogens is 232 g/mol. The number of hydrogen-bond donors (Lipinski definition) is 0. The molecule has 0 bridgehead atoms. The molecule has 1 heterocycles. The van der Waals surface area contributed by atoms with Gasteiger partial charge in [-0.1, -0.05) is 24.3 Å². The van der Waals surface area contributed by atoms with Crippen LogP contribution in [0.15, 0.2) is 36.4 Å². The van der Waals surface area contributed by atoms with Gasteiger partial charge in [0.1, 0.15) is 0 Å². The molecule has 1 saturated heterocycles. The van der Waals surface area contributed by atoms with Crippen LogP contribution in [-0.2, 0) is 0 Å². The number of likely N-dealkylation sites (tertiary alicyclic amines) is 1. The highest BCUT2D eigenvalue weighted by Crippen LogP contribution is 2.36. The van der Waals surface area contributed by atoms with Crippen LogP contribution in [0.2, 0.25) is 0 Å². The Morgan fingerprint density at radius 1 is 1.11 bits per heavy atom. The first kappa shape index (κ1) is 12.4. The summed E-state index contributed by atoms with van der Waals surface area (Å²) in [6.07, 6.45) is 7.19. The average Bonchev–Trinajstić information content (AvgIpc) is 2.90. The Morgan fingerprint density at radius 2 is 1.68 bits per heavy atom. The van der Waals surface area contributed by atoms with Crippen LogP contribution in [0.3, 0.4) is 0 Å². The molecule has 19 heavy (non-hydrogen) atoms. The lowest BCUT2D eigenvalue weighted by Crippen LogP contribution is -2.24. The van der Waals surface area contributed by atoms with Crippen molar-refractivity contribution in [2.45, 2.75) is 25.8 Å². The van der Waals surface area contributed by atoms with Crippen LogP contribution in [-0.4, -0.2) is 18.0 Å². The lowest BCUT2D eigenvalue weighted by Gasteiger charge is -2.24. The number of allylic oxidation sites excluding steroid dienone is 2. The Labute approximate surface area is 115 Å². The van der Waals surface area contributed by atoms with Crippen LogP contribution < -0.4 is 0 Å². The largest absolute Gasteiger partial charge is 0.296 e. The third-order valence-electron chi connectivity index (χ3n) is 4.72. The molecule has 98 valence electrons. The van der Waals surface area contributed by atoms with Crippen molar-refractivity contribution in [3.05, 3.63) is 47.5 Å². The molecule has 1 aromatic rings. The van der Waals surface area contributed by atoms with E-state index in [0.717, 1.165) is 17.4 Å². The van der Waals surface area contributed by atoms with Crippen molar-refractivity contribution in [3.63, 3.8) is 0 Å². The van der Waals surface area contributed by atoms with Crippen LogP contribution in [0, 0.1) is 23.2 Å². The van der Waals surface area contributed by atoms with Crippen LogP contribution in [0.25, 0.3) is 0 Å². The van der Waals surface area contributed by atoms with Crippen molar-refractivity contribution in [3.8, 4) is 6.07 Å². The van der Waals surface area contributed by atoms with Gasteiger partial charge in [0, 0.05) is 19.1 Å². The van der Waals surface area contributed by atoms with E-state index in [1.165, 1.54) is 31.5 Å². The fraction of sp³-hybridized carbons (Fsp3) is 0.471. The van der Waals surface area contributed by atoms with Gasteiger partial charge in [-0.25, -0.2) is 0 Å². The van der Waals surface area contributed by atoms with Gasteiger partial charge in [0.15, 0.2) is 0 Å². The minimum atomic E-state index is 0.457. The van der Waals surface area contributed by atoms with E-state index in [9.17, 15) is 0 Å². The fourth-order valence-corrected chi connectivity index (χ4v) is 3.41. The zero-order valence-electron chi connectivity index (χ0n) is 11.4. The van der Waals surface area contributed by atoms with E-state index in [1.54, 1.807) is 0 Å². The van der Waals surface area contributed by atoms with Gasteiger partial charge in [0.25, 0.3) is 0 Å². The van der Waals surface area contributed by atoms with E-state index >= 15 is 0 Å². The van der Waals surface area contributed by atoms with Gasteiger partial charge in [-0.05, 0) is 49.3 Å². The summed E-state index contributed by atoms with van der Waals surface area (Å²) in [5.74, 6) is 1.71. The van der Waals surface area contributed by atoms with E-state index < -0.39 is 0 Å². The molecule has 1 aliphatic carbocycles. The topological polar surface area (TPSA) is 27.0 Å². The summed E-state index contributed by atoms with van der Waals surface area (Å²) in [5.41, 5.74) is 2.07. The molecule has 0 aromatic heterocycles. The molecule has 1 aromatic carbocycles. The molecule has 0 unspecified atom stereocenters. The quantitative estimate of drug-likeness (QED) is 0.753. The SMILES string of the molecule is C[C@@H](c1ccc(C#N)cc1)N1C[C@H]2CC=CC[C@H]2C1. The molecule has 2 heteroatoms. The summed E-state index contributed by atoms with van der Waals surface area (Å²) in [4.78, 5) is 2.60. The predicted octanol–water partition coefficient (Wildman–Crippen LogP) is 3.52. The second kappa shape index (κ2) is 5.19. The number of nitriles is 1. The molecule has 2 nitrogen and oxygen atoms in total. The standard InChI is InChI=1S/C17H20N2/c1-13(15-8-6-14(10-18)7-9-15)19-11-16-4-2-3-5-17(16)12-19/h2-3,6-9,13,16-17H,4-5,11-12H2,1H3/t13-,16-,17+/m0/s1. The Hall–Kier alpha value is -1.59. The number of fused-ring (bicyclic) bond motifs is 1. The molecule has 0 amide bonds. The maximum Gasteiger partial charge on any atom is 0.0991 e. The molecule has 3 atom stereocenters. The van der Waals surface area contributed by atoms with Gasteiger partial charge in [0.2, 0.25) is 0 Å². The molecule has 1 aliphatic heterocycles. The number of rotatable bonds is 2. The minimum Gasteiger partial charge on any atom is -0.296 e. The Morgan fingerprint density at radius 3 is 2.21 bits per heavy atom. The lowest BCUT2D eigenvalue weighted by atomic mass is 9.86. The molecule has 1 fully saturated rings. The monoisotopic (exact) mass is 252 g/mol. The van der Waals surface area contributed by atoms with Crippen molar-refractivity contribution in [2.24, 2.45) is 11.8 Å². The van der Waals surface area contributed by atoms with Crippen LogP contribution in [0.5, 0.6) is 0 Å². The molecule has 0 saturated carbocycles. The number of benzene rings is 1. The van der Waals surface area contributed by atoms with E-state index in [4.69, 9.17) is 5.26 Å². The summed E-state index contributed by atoms with van der Waals surface area (Å²) in [6, 6.07) is 10.7. The van der Waals surface area contributed by atoms with E-state index in [1.807, 2.05) is 12.1 Å². The summed E-state index contributed by atoms with van der Waals surface area (Å²) >= 11 is 0. The zero-order chi connectivity index (χ0) is 13.2. The molecule has 0 radical (unpaired) electrons. The first-order valence-electron chi connectivity index (χ1n) is 7.17. The third-order valence-corrected chi connectivity index (χ3v) is 4.72. The fourth-order valence-electron chi connectivity index (χ4n) is 3.41. The maximum atomic E-state index is 8.85. The summed E-state index contributed by atoms with van der Waals surface area (Å²) in [6.45, 7) is 4.72. The third kappa shape index (κ3) is 2.43. The van der Waals surface area contributed by atoms with Crippen LogP contribution in [0.1, 0.15) is 36.9 Å². The van der Waals surface area contributed by atoms with Gasteiger partial charge < -0.3 is 0 Å². The molecule has 2 aliphatic rings. The Balaban J connectivity index is 1.71. The van der Waals surface area contributed by atoms with Crippen LogP contribution >= 0.6 is 0 Å². The summed E-state index contributed by atoms with van der Waals surface area (Å²) in [5, 5.41) is 8.85. The smallest absolute Gasteiger partial charge is 0.0991 e. The van der Waals surface area contributed by atoms with Crippen molar-refractivity contribution < 1.29 is 0 Å². The van der Waals surface area contributed by atoms with E-state index in [0.29, 0.717) is 6.04 Å². The summed E-state index contributed by atoms with van der Waals surface area (Å²) < 4.78 is 0. The normalized spacial score (nSPS) is 27.8. The van der Waals surface area contributed by atoms with E-state index in [2.05, 4.69) is 42.2 Å². The van der Waals surface area contributed by atoms with Gasteiger partial charge >= 0.3 is 0 Å². The number of hydrogen-bond acceptors (Lipinski definition) is 2. The highest BCUT2D eigenvalue weighted by Gasteiger charge is 2.34. The van der Waals surface area contributed by atoms with Crippen molar-refractivity contribution >= 4 is 0 Å². The molecule has 3 rings (SSSR count). The highest BCUT2D eigenvalue weighted by atomic mass is 15.2. The van der Waals surface area contributed by atoms with Crippen molar-refractivity contribution in [2.75, 3.05) is 13.1 Å². The number of nitrogens with zero attached hydrogens (tertiary/aromatic N) is 2. The molecule has 0 N–H and O–H groups in total. The Bertz CT molecular complexity index is 493. The Kier molecular flexibility index (Phi) is 3.40. The van der Waals surface area contributed by atoms with Gasteiger partial charge in [-0.2, -0.15) is 5.26 Å². The van der Waals surface area contributed by atoms with E-state index in [-0.39, 0.29) is 0 Å². The molecule has 0 spiro atoms. The van der Waals surface area contributed by atoms with Crippen molar-refractivity contribution in [1.29, 1.82) is 5.26 Å². The van der Waals surface area contributed by atoms with Gasteiger partial charge in [-0.3, -0.25) is 4.90 Å². The zero-order valence-corrected chi connectivity index (χ0v) is 11.4. The predicted molar refractivity (Wildman–Crippen MR) is 76.5 cm³/mol. The summed E-state index contributed by atoms with van der Waals surface area (Å²) in [7, 11) is 0. The second-order valence-electron chi connectivity index (χ2n) is 5.83. The maximum absolute atomic E-state index is 8.85. The minimum absolute atomic E-state index is 0.457. The van der Waals surface area contributed by atoms with Crippen molar-refractivity contribution in [1.82, 2.24) is 4.90 Å². The van der Waals surface area contributed by atoms with Gasteiger partial charge in [-0.15, -0.1) is 0 Å².